The van der Waals surface area contributed by atoms with E-state index in [1.165, 1.54) is 0 Å². The number of oxime groups is 1. The third-order valence-corrected chi connectivity index (χ3v) is 3.66. The highest BCUT2D eigenvalue weighted by atomic mass is 127. The summed E-state index contributed by atoms with van der Waals surface area (Å²) in [4.78, 5) is 13.8. The minimum atomic E-state index is -0.135. The van der Waals surface area contributed by atoms with Crippen LogP contribution in [0.15, 0.2) is 29.4 Å². The Morgan fingerprint density at radius 3 is 2.72 bits per heavy atom. The number of amidine groups is 1. The molecular weight excluding hydrogens is 345 g/mol. The van der Waals surface area contributed by atoms with Gasteiger partial charge in [-0.1, -0.05) is 17.3 Å². The number of nitrogens with two attached hydrogens (primary N) is 1. The first-order chi connectivity index (χ1) is 8.47. The van der Waals surface area contributed by atoms with E-state index in [0.29, 0.717) is 12.0 Å². The molecule has 0 saturated carbocycles. The van der Waals surface area contributed by atoms with Gasteiger partial charge in [-0.15, -0.1) is 0 Å². The highest BCUT2D eigenvalue weighted by molar-refractivity contribution is 14.1. The average Bonchev–Trinajstić information content (AvgIpc) is 2.37. The van der Waals surface area contributed by atoms with Gasteiger partial charge in [0.15, 0.2) is 0 Å². The van der Waals surface area contributed by atoms with Gasteiger partial charge in [0.25, 0.3) is 5.91 Å². The smallest absolute Gasteiger partial charge is 0.254 e. The molecule has 0 fully saturated rings. The molecule has 18 heavy (non-hydrogen) atoms. The van der Waals surface area contributed by atoms with Crippen molar-refractivity contribution < 1.29 is 10.0 Å². The van der Waals surface area contributed by atoms with Crippen molar-refractivity contribution in [3.63, 3.8) is 0 Å². The number of carbonyl (C=O) groups excluding carboxylic acids is 1. The van der Waals surface area contributed by atoms with E-state index in [1.54, 1.807) is 18.0 Å². The normalized spacial score (nSPS) is 13.2. The van der Waals surface area contributed by atoms with Crippen LogP contribution in [0.25, 0.3) is 0 Å². The van der Waals surface area contributed by atoms with Crippen LogP contribution < -0.4 is 5.73 Å². The number of benzene rings is 1. The van der Waals surface area contributed by atoms with Crippen LogP contribution in [0.5, 0.6) is 0 Å². The van der Waals surface area contributed by atoms with E-state index >= 15 is 0 Å². The molecule has 3 N–H and O–H groups in total. The Kier molecular flexibility index (Phi) is 5.39. The molecular formula is C12H16IN3O2. The fourth-order valence-electron chi connectivity index (χ4n) is 1.51. The summed E-state index contributed by atoms with van der Waals surface area (Å²) in [5.41, 5.74) is 6.10. The Morgan fingerprint density at radius 2 is 2.17 bits per heavy atom. The van der Waals surface area contributed by atoms with Crippen molar-refractivity contribution in [2.24, 2.45) is 10.9 Å². The molecule has 0 radical (unpaired) electrons. The van der Waals surface area contributed by atoms with E-state index in [4.69, 9.17) is 10.9 Å². The largest absolute Gasteiger partial charge is 0.409 e. The molecule has 0 aliphatic rings. The molecule has 0 bridgehead atoms. The van der Waals surface area contributed by atoms with Crippen molar-refractivity contribution in [1.29, 1.82) is 0 Å². The Balaban J connectivity index is 2.81. The maximum Gasteiger partial charge on any atom is 0.254 e. The number of hydrogen-bond donors (Lipinski definition) is 2. The molecule has 5 nitrogen and oxygen atoms in total. The Labute approximate surface area is 120 Å². The second kappa shape index (κ2) is 6.58. The van der Waals surface area contributed by atoms with Gasteiger partial charge in [0.2, 0.25) is 0 Å². The minimum Gasteiger partial charge on any atom is -0.409 e. The first-order valence-corrected chi connectivity index (χ1v) is 6.53. The summed E-state index contributed by atoms with van der Waals surface area (Å²) in [6.45, 7) is 1.85. The number of nitrogens with zero attached hydrogens (tertiary/aromatic N) is 2. The molecule has 1 amide bonds. The van der Waals surface area contributed by atoms with Gasteiger partial charge >= 0.3 is 0 Å². The summed E-state index contributed by atoms with van der Waals surface area (Å²) in [5.74, 6) is 0.0446. The van der Waals surface area contributed by atoms with Crippen molar-refractivity contribution >= 4 is 34.3 Å². The summed E-state index contributed by atoms with van der Waals surface area (Å²) in [7, 11) is 1.71. The van der Waals surface area contributed by atoms with E-state index < -0.39 is 0 Å². The predicted octanol–water partition coefficient (Wildman–Crippen LogP) is 1.89. The van der Waals surface area contributed by atoms with Crippen LogP contribution >= 0.6 is 22.6 Å². The fraction of sp³-hybridized carbons (Fsp3) is 0.333. The minimum absolute atomic E-state index is 0.0711. The van der Waals surface area contributed by atoms with E-state index in [2.05, 4.69) is 27.7 Å². The molecule has 0 aromatic heterocycles. The number of halogens is 1. The molecule has 1 unspecified atom stereocenters. The summed E-state index contributed by atoms with van der Waals surface area (Å²) in [6, 6.07) is 7.26. The van der Waals surface area contributed by atoms with Crippen molar-refractivity contribution in [3.8, 4) is 0 Å². The van der Waals surface area contributed by atoms with Crippen LogP contribution in [0.2, 0.25) is 0 Å². The van der Waals surface area contributed by atoms with Crippen molar-refractivity contribution in [3.05, 3.63) is 33.4 Å². The van der Waals surface area contributed by atoms with Gasteiger partial charge in [0.05, 0.1) is 5.56 Å². The fourth-order valence-corrected chi connectivity index (χ4v) is 2.12. The molecule has 0 spiro atoms. The molecule has 0 aliphatic heterocycles. The van der Waals surface area contributed by atoms with Crippen molar-refractivity contribution in [2.75, 3.05) is 7.05 Å². The highest BCUT2D eigenvalue weighted by Gasteiger charge is 2.20. The topological polar surface area (TPSA) is 78.9 Å². The van der Waals surface area contributed by atoms with Gasteiger partial charge in [-0.3, -0.25) is 4.79 Å². The monoisotopic (exact) mass is 361 g/mol. The molecule has 1 aromatic rings. The number of rotatable bonds is 4. The first-order valence-electron chi connectivity index (χ1n) is 5.45. The van der Waals surface area contributed by atoms with Gasteiger partial charge in [0.1, 0.15) is 5.84 Å². The Hall–Kier alpha value is -1.31. The number of hydrogen-bond acceptors (Lipinski definition) is 3. The standard InChI is InChI=1S/C12H16IN3O2/c1-8(7-11(14)15-18)16(2)12(17)9-5-3-4-6-10(9)13/h3-6,8,18H,7H2,1-2H3,(H2,14,15). The summed E-state index contributed by atoms with van der Waals surface area (Å²) >= 11 is 2.13. The lowest BCUT2D eigenvalue weighted by Gasteiger charge is -2.25. The zero-order chi connectivity index (χ0) is 13.7. The van der Waals surface area contributed by atoms with Gasteiger partial charge in [-0.2, -0.15) is 0 Å². The number of amides is 1. The zero-order valence-corrected chi connectivity index (χ0v) is 12.5. The van der Waals surface area contributed by atoms with Crippen LogP contribution in [-0.2, 0) is 0 Å². The molecule has 6 heteroatoms. The van der Waals surface area contributed by atoms with Crippen LogP contribution in [0, 0.1) is 3.57 Å². The Bertz CT molecular complexity index is 462. The average molecular weight is 361 g/mol. The summed E-state index contributed by atoms with van der Waals surface area (Å²) in [6.07, 6.45) is 0.335. The van der Waals surface area contributed by atoms with E-state index in [1.807, 2.05) is 25.1 Å². The highest BCUT2D eigenvalue weighted by Crippen LogP contribution is 2.15. The second-order valence-electron chi connectivity index (χ2n) is 4.04. The van der Waals surface area contributed by atoms with Gasteiger partial charge in [0, 0.05) is 23.1 Å². The molecule has 0 aliphatic carbocycles. The SMILES string of the molecule is CC(C/C(N)=N/O)N(C)C(=O)c1ccccc1I. The van der Waals surface area contributed by atoms with E-state index in [-0.39, 0.29) is 17.8 Å². The number of carbonyl (C=O) groups is 1. The second-order valence-corrected chi connectivity index (χ2v) is 5.20. The van der Waals surface area contributed by atoms with Crippen LogP contribution in [0.4, 0.5) is 0 Å². The van der Waals surface area contributed by atoms with Crippen LogP contribution in [-0.4, -0.2) is 34.9 Å². The Morgan fingerprint density at radius 1 is 1.56 bits per heavy atom. The maximum absolute atomic E-state index is 12.3. The molecule has 98 valence electrons. The van der Waals surface area contributed by atoms with Crippen LogP contribution in [0.1, 0.15) is 23.7 Å². The zero-order valence-electron chi connectivity index (χ0n) is 10.3. The lowest BCUT2D eigenvalue weighted by Crippen LogP contribution is -2.38. The summed E-state index contributed by atoms with van der Waals surface area (Å²) < 4.78 is 0.906. The van der Waals surface area contributed by atoms with Crippen LogP contribution in [0.3, 0.4) is 0 Å². The van der Waals surface area contributed by atoms with Gasteiger partial charge in [-0.05, 0) is 41.6 Å². The molecule has 1 rings (SSSR count). The quantitative estimate of drug-likeness (QED) is 0.283. The molecule has 1 aromatic carbocycles. The predicted molar refractivity (Wildman–Crippen MR) is 78.7 cm³/mol. The van der Waals surface area contributed by atoms with E-state index in [0.717, 1.165) is 3.57 Å². The third kappa shape index (κ3) is 3.59. The maximum atomic E-state index is 12.3. The van der Waals surface area contributed by atoms with Crippen molar-refractivity contribution in [2.45, 2.75) is 19.4 Å². The summed E-state index contributed by atoms with van der Waals surface area (Å²) in [5, 5.41) is 11.4. The molecule has 0 heterocycles. The molecule has 0 saturated heterocycles. The van der Waals surface area contributed by atoms with Crippen molar-refractivity contribution in [1.82, 2.24) is 4.90 Å². The lowest BCUT2D eigenvalue weighted by molar-refractivity contribution is 0.0746. The first kappa shape index (κ1) is 14.7. The van der Waals surface area contributed by atoms with E-state index in [9.17, 15) is 4.79 Å². The lowest BCUT2D eigenvalue weighted by atomic mass is 10.1. The van der Waals surface area contributed by atoms with Gasteiger partial charge < -0.3 is 15.8 Å². The third-order valence-electron chi connectivity index (χ3n) is 2.72. The molecule has 1 atom stereocenters. The van der Waals surface area contributed by atoms with Gasteiger partial charge in [-0.25, -0.2) is 0 Å².